The van der Waals surface area contributed by atoms with E-state index >= 15 is 0 Å². The van der Waals surface area contributed by atoms with Gasteiger partial charge < -0.3 is 5.73 Å². The third-order valence-electron chi connectivity index (χ3n) is 5.57. The predicted octanol–water partition coefficient (Wildman–Crippen LogP) is 3.51. The molecular weight excluding hydrogens is 258 g/mol. The molecule has 0 radical (unpaired) electrons. The van der Waals surface area contributed by atoms with Gasteiger partial charge in [-0.2, -0.15) is 0 Å². The van der Waals surface area contributed by atoms with Crippen LogP contribution < -0.4 is 5.73 Å². The molecule has 3 nitrogen and oxygen atoms in total. The number of hydrogen-bond acceptors (Lipinski definition) is 3. The molecule has 1 saturated heterocycles. The highest BCUT2D eigenvalue weighted by molar-refractivity contribution is 5.18. The van der Waals surface area contributed by atoms with Crippen LogP contribution in [0.25, 0.3) is 0 Å². The van der Waals surface area contributed by atoms with Crippen LogP contribution in [0, 0.1) is 5.92 Å². The number of nitrogens with zero attached hydrogens (tertiary/aromatic N) is 2. The first kappa shape index (κ1) is 15.0. The van der Waals surface area contributed by atoms with Crippen LogP contribution in [0.3, 0.4) is 0 Å². The highest BCUT2D eigenvalue weighted by Crippen LogP contribution is 2.40. The van der Waals surface area contributed by atoms with Crippen LogP contribution in [-0.4, -0.2) is 28.5 Å². The SMILES string of the molecule is CCC(N)C(c1ccncc1)N1CCC[C@H]2CCCC[C@H]21. The lowest BCUT2D eigenvalue weighted by atomic mass is 9.76. The topological polar surface area (TPSA) is 42.1 Å². The van der Waals surface area contributed by atoms with E-state index in [1.165, 1.54) is 50.6 Å². The van der Waals surface area contributed by atoms with E-state index in [1.54, 1.807) is 0 Å². The number of hydrogen-bond donors (Lipinski definition) is 1. The third-order valence-corrected chi connectivity index (χ3v) is 5.57. The Kier molecular flexibility index (Phi) is 4.91. The molecule has 0 amide bonds. The fourth-order valence-electron chi connectivity index (χ4n) is 4.48. The standard InChI is InChI=1S/C18H29N3/c1-2-16(19)18(15-9-11-20-12-10-15)21-13-5-7-14-6-3-4-8-17(14)21/h9-12,14,16-18H,2-8,13,19H2,1H3/t14-,16?,17-,18?/m1/s1. The van der Waals surface area contributed by atoms with Gasteiger partial charge in [0.15, 0.2) is 0 Å². The Bertz CT molecular complexity index is 431. The average molecular weight is 287 g/mol. The van der Waals surface area contributed by atoms with Gasteiger partial charge in [-0.05, 0) is 62.3 Å². The normalized spacial score (nSPS) is 29.6. The molecule has 3 rings (SSSR count). The van der Waals surface area contributed by atoms with Crippen molar-refractivity contribution in [2.24, 2.45) is 11.7 Å². The first-order chi connectivity index (χ1) is 10.3. The maximum absolute atomic E-state index is 6.54. The molecule has 2 unspecified atom stereocenters. The maximum Gasteiger partial charge on any atom is 0.0503 e. The van der Waals surface area contributed by atoms with Crippen molar-refractivity contribution in [3.8, 4) is 0 Å². The van der Waals surface area contributed by atoms with Gasteiger partial charge in [-0.3, -0.25) is 9.88 Å². The van der Waals surface area contributed by atoms with Crippen LogP contribution in [0.2, 0.25) is 0 Å². The molecule has 1 saturated carbocycles. The van der Waals surface area contributed by atoms with Crippen molar-refractivity contribution in [1.29, 1.82) is 0 Å². The minimum absolute atomic E-state index is 0.216. The van der Waals surface area contributed by atoms with E-state index in [0.717, 1.165) is 18.4 Å². The molecule has 21 heavy (non-hydrogen) atoms. The van der Waals surface area contributed by atoms with E-state index in [4.69, 9.17) is 5.73 Å². The molecule has 1 aromatic rings. The zero-order valence-corrected chi connectivity index (χ0v) is 13.2. The fraction of sp³-hybridized carbons (Fsp3) is 0.722. The number of rotatable bonds is 4. The highest BCUT2D eigenvalue weighted by Gasteiger charge is 2.38. The number of aromatic nitrogens is 1. The van der Waals surface area contributed by atoms with E-state index in [0.29, 0.717) is 6.04 Å². The molecule has 2 N–H and O–H groups in total. The second kappa shape index (κ2) is 6.89. The Morgan fingerprint density at radius 2 is 1.90 bits per heavy atom. The molecule has 2 heterocycles. The van der Waals surface area contributed by atoms with Crippen LogP contribution in [0.4, 0.5) is 0 Å². The van der Waals surface area contributed by atoms with Gasteiger partial charge in [-0.1, -0.05) is 19.8 Å². The highest BCUT2D eigenvalue weighted by atomic mass is 15.2. The number of likely N-dealkylation sites (tertiary alicyclic amines) is 1. The number of pyridine rings is 1. The van der Waals surface area contributed by atoms with Crippen LogP contribution in [-0.2, 0) is 0 Å². The Hall–Kier alpha value is -0.930. The smallest absolute Gasteiger partial charge is 0.0503 e. The van der Waals surface area contributed by atoms with Gasteiger partial charge >= 0.3 is 0 Å². The fourth-order valence-corrected chi connectivity index (χ4v) is 4.48. The Balaban J connectivity index is 1.88. The monoisotopic (exact) mass is 287 g/mol. The summed E-state index contributed by atoms with van der Waals surface area (Å²) in [6.45, 7) is 3.42. The van der Waals surface area contributed by atoms with Gasteiger partial charge in [0, 0.05) is 24.5 Å². The lowest BCUT2D eigenvalue weighted by Crippen LogP contribution is -2.52. The van der Waals surface area contributed by atoms with Gasteiger partial charge in [-0.15, -0.1) is 0 Å². The van der Waals surface area contributed by atoms with E-state index in [-0.39, 0.29) is 6.04 Å². The molecule has 1 aliphatic carbocycles. The molecule has 0 bridgehead atoms. The van der Waals surface area contributed by atoms with Gasteiger partial charge in [0.2, 0.25) is 0 Å². The quantitative estimate of drug-likeness (QED) is 0.921. The molecule has 2 aliphatic rings. The summed E-state index contributed by atoms with van der Waals surface area (Å²) in [5.41, 5.74) is 7.89. The van der Waals surface area contributed by atoms with Crippen molar-refractivity contribution in [2.45, 2.75) is 70.0 Å². The second-order valence-electron chi connectivity index (χ2n) is 6.79. The third kappa shape index (κ3) is 3.14. The molecule has 116 valence electrons. The number of nitrogens with two attached hydrogens (primary N) is 1. The van der Waals surface area contributed by atoms with Crippen LogP contribution in [0.5, 0.6) is 0 Å². The Morgan fingerprint density at radius 1 is 1.19 bits per heavy atom. The van der Waals surface area contributed by atoms with Crippen molar-refractivity contribution >= 4 is 0 Å². The van der Waals surface area contributed by atoms with Gasteiger partial charge in [-0.25, -0.2) is 0 Å². The van der Waals surface area contributed by atoms with Crippen LogP contribution in [0.1, 0.15) is 63.5 Å². The zero-order valence-electron chi connectivity index (χ0n) is 13.2. The largest absolute Gasteiger partial charge is 0.326 e. The van der Waals surface area contributed by atoms with Crippen molar-refractivity contribution in [1.82, 2.24) is 9.88 Å². The molecule has 2 fully saturated rings. The van der Waals surface area contributed by atoms with E-state index in [2.05, 4.69) is 28.9 Å². The average Bonchev–Trinajstić information content (AvgIpc) is 2.56. The summed E-state index contributed by atoms with van der Waals surface area (Å²) in [6, 6.07) is 5.65. The summed E-state index contributed by atoms with van der Waals surface area (Å²) in [5, 5.41) is 0. The zero-order chi connectivity index (χ0) is 14.7. The second-order valence-corrected chi connectivity index (χ2v) is 6.79. The van der Waals surface area contributed by atoms with Crippen LogP contribution in [0.15, 0.2) is 24.5 Å². The lowest BCUT2D eigenvalue weighted by Gasteiger charge is -2.49. The molecule has 0 aromatic carbocycles. The van der Waals surface area contributed by atoms with Crippen molar-refractivity contribution in [2.75, 3.05) is 6.54 Å². The summed E-state index contributed by atoms with van der Waals surface area (Å²) in [6.07, 6.45) is 13.2. The van der Waals surface area contributed by atoms with Crippen molar-refractivity contribution in [3.63, 3.8) is 0 Å². The van der Waals surface area contributed by atoms with Gasteiger partial charge in [0.05, 0.1) is 6.04 Å². The Morgan fingerprint density at radius 3 is 2.67 bits per heavy atom. The van der Waals surface area contributed by atoms with Gasteiger partial charge in [0.25, 0.3) is 0 Å². The predicted molar refractivity (Wildman–Crippen MR) is 86.9 cm³/mol. The number of piperidine rings is 1. The van der Waals surface area contributed by atoms with E-state index in [1.807, 2.05) is 12.4 Å². The first-order valence-electron chi connectivity index (χ1n) is 8.72. The summed E-state index contributed by atoms with van der Waals surface area (Å²) < 4.78 is 0. The molecule has 3 heteroatoms. The molecular formula is C18H29N3. The van der Waals surface area contributed by atoms with Crippen LogP contribution >= 0.6 is 0 Å². The lowest BCUT2D eigenvalue weighted by molar-refractivity contribution is 0.0154. The first-order valence-corrected chi connectivity index (χ1v) is 8.72. The molecule has 4 atom stereocenters. The summed E-state index contributed by atoms with van der Waals surface area (Å²) in [7, 11) is 0. The molecule has 1 aromatic heterocycles. The number of fused-ring (bicyclic) bond motifs is 1. The van der Waals surface area contributed by atoms with Gasteiger partial charge in [0.1, 0.15) is 0 Å². The van der Waals surface area contributed by atoms with E-state index in [9.17, 15) is 0 Å². The summed E-state index contributed by atoms with van der Waals surface area (Å²) in [4.78, 5) is 6.93. The molecule has 1 aliphatic heterocycles. The minimum atomic E-state index is 0.216. The molecule has 0 spiro atoms. The Labute approximate surface area is 128 Å². The minimum Gasteiger partial charge on any atom is -0.326 e. The van der Waals surface area contributed by atoms with E-state index < -0.39 is 0 Å². The summed E-state index contributed by atoms with van der Waals surface area (Å²) >= 11 is 0. The van der Waals surface area contributed by atoms with Crippen molar-refractivity contribution in [3.05, 3.63) is 30.1 Å². The maximum atomic E-state index is 6.54. The summed E-state index contributed by atoms with van der Waals surface area (Å²) in [5.74, 6) is 0.904. The van der Waals surface area contributed by atoms with Crippen molar-refractivity contribution < 1.29 is 0 Å².